The Hall–Kier alpha value is -2.83. The molecule has 0 aliphatic carbocycles. The Morgan fingerprint density at radius 1 is 1.29 bits per heavy atom. The van der Waals surface area contributed by atoms with Crippen molar-refractivity contribution < 1.29 is 23.8 Å². The van der Waals surface area contributed by atoms with Crippen LogP contribution in [0.15, 0.2) is 36.7 Å². The van der Waals surface area contributed by atoms with Crippen LogP contribution in [0.2, 0.25) is 0 Å². The molecule has 168 valence electrons. The molecule has 1 aliphatic heterocycles. The third-order valence-corrected chi connectivity index (χ3v) is 5.19. The number of alkyl halides is 1. The van der Waals surface area contributed by atoms with Crippen molar-refractivity contribution in [2.45, 2.75) is 65.3 Å². The first-order valence-corrected chi connectivity index (χ1v) is 10.5. The molecule has 0 fully saturated rings. The van der Waals surface area contributed by atoms with Crippen molar-refractivity contribution in [1.82, 2.24) is 10.3 Å². The Morgan fingerprint density at radius 3 is 2.71 bits per heavy atom. The van der Waals surface area contributed by atoms with Crippen LogP contribution in [0.3, 0.4) is 0 Å². The van der Waals surface area contributed by atoms with E-state index in [1.54, 1.807) is 18.3 Å². The Balaban J connectivity index is 1.73. The van der Waals surface area contributed by atoms with Gasteiger partial charge in [-0.3, -0.25) is 4.98 Å². The summed E-state index contributed by atoms with van der Waals surface area (Å²) in [5, 5.41) is 11.6. The largest absolute Gasteiger partial charge is 0.491 e. The van der Waals surface area contributed by atoms with Crippen molar-refractivity contribution in [3.8, 4) is 22.6 Å². The second-order valence-electron chi connectivity index (χ2n) is 9.69. The van der Waals surface area contributed by atoms with E-state index in [0.717, 1.165) is 16.7 Å². The normalized spacial score (nSPS) is 18.1. The molecule has 2 N–H and O–H groups in total. The number of nitrogens with zero attached hydrogens (tertiary/aromatic N) is 1. The van der Waals surface area contributed by atoms with Gasteiger partial charge in [0.25, 0.3) is 0 Å². The molecular formula is C24H31FN2O4. The second kappa shape index (κ2) is 8.73. The highest BCUT2D eigenvalue weighted by atomic mass is 19.1. The summed E-state index contributed by atoms with van der Waals surface area (Å²) in [6, 6.07) is 6.74. The molecule has 7 heteroatoms. The number of ether oxygens (including phenoxy) is 2. The van der Waals surface area contributed by atoms with E-state index in [-0.39, 0.29) is 24.5 Å². The van der Waals surface area contributed by atoms with Gasteiger partial charge >= 0.3 is 6.09 Å². The molecule has 1 amide bonds. The number of hydrogen-bond acceptors (Lipinski definition) is 4. The lowest BCUT2D eigenvalue weighted by molar-refractivity contribution is 0.0842. The van der Waals surface area contributed by atoms with Crippen LogP contribution in [0.4, 0.5) is 9.18 Å². The van der Waals surface area contributed by atoms with E-state index in [1.807, 2.05) is 46.0 Å². The number of aromatic nitrogens is 1. The monoisotopic (exact) mass is 430 g/mol. The van der Waals surface area contributed by atoms with Crippen LogP contribution in [-0.4, -0.2) is 34.5 Å². The molecule has 0 spiro atoms. The molecule has 2 heterocycles. The maximum atomic E-state index is 15.1. The van der Waals surface area contributed by atoms with Gasteiger partial charge < -0.3 is 19.9 Å². The molecule has 2 aromatic rings. The van der Waals surface area contributed by atoms with E-state index in [4.69, 9.17) is 9.47 Å². The minimum Gasteiger partial charge on any atom is -0.491 e. The van der Waals surface area contributed by atoms with Crippen LogP contribution in [0, 0.1) is 5.41 Å². The quantitative estimate of drug-likeness (QED) is 0.583. The van der Waals surface area contributed by atoms with Gasteiger partial charge in [0, 0.05) is 41.6 Å². The van der Waals surface area contributed by atoms with Crippen molar-refractivity contribution >= 4 is 6.09 Å². The molecule has 0 bridgehead atoms. The zero-order valence-corrected chi connectivity index (χ0v) is 18.7. The van der Waals surface area contributed by atoms with Gasteiger partial charge in [0.2, 0.25) is 0 Å². The van der Waals surface area contributed by atoms with Crippen molar-refractivity contribution in [2.75, 3.05) is 6.61 Å². The topological polar surface area (TPSA) is 80.7 Å². The van der Waals surface area contributed by atoms with Crippen LogP contribution < -0.4 is 14.8 Å². The SMILES string of the molecule is CC1Oc2cc(OCC(CC(C)(F)CC(C)(C)C)NC(=O)O)ccc2-c2cnccc21. The van der Waals surface area contributed by atoms with Crippen molar-refractivity contribution in [3.63, 3.8) is 0 Å². The third kappa shape index (κ3) is 6.09. The molecule has 0 radical (unpaired) electrons. The van der Waals surface area contributed by atoms with Gasteiger partial charge in [-0.2, -0.15) is 0 Å². The molecule has 6 nitrogen and oxygen atoms in total. The van der Waals surface area contributed by atoms with Crippen LogP contribution in [0.25, 0.3) is 11.1 Å². The maximum absolute atomic E-state index is 15.1. The number of nitrogens with one attached hydrogen (secondary N) is 1. The summed E-state index contributed by atoms with van der Waals surface area (Å²) in [4.78, 5) is 15.4. The molecule has 0 saturated carbocycles. The number of fused-ring (bicyclic) bond motifs is 3. The Kier molecular flexibility index (Phi) is 6.43. The number of carboxylic acid groups (broad SMARTS) is 1. The number of amides is 1. The summed E-state index contributed by atoms with van der Waals surface area (Å²) < 4.78 is 27.0. The molecule has 1 aliphatic rings. The number of benzene rings is 1. The molecule has 1 aromatic heterocycles. The average molecular weight is 431 g/mol. The average Bonchev–Trinajstić information content (AvgIpc) is 2.63. The third-order valence-electron chi connectivity index (χ3n) is 5.19. The lowest BCUT2D eigenvalue weighted by atomic mass is 9.81. The molecule has 0 saturated heterocycles. The Bertz CT molecular complexity index is 939. The smallest absolute Gasteiger partial charge is 0.404 e. The zero-order valence-electron chi connectivity index (χ0n) is 18.7. The fraction of sp³-hybridized carbons (Fsp3) is 0.500. The van der Waals surface area contributed by atoms with Crippen LogP contribution in [0.5, 0.6) is 11.5 Å². The first-order valence-electron chi connectivity index (χ1n) is 10.5. The summed E-state index contributed by atoms with van der Waals surface area (Å²) >= 11 is 0. The lowest BCUT2D eigenvalue weighted by Crippen LogP contribution is -2.43. The van der Waals surface area contributed by atoms with Crippen molar-refractivity contribution in [1.29, 1.82) is 0 Å². The van der Waals surface area contributed by atoms with Gasteiger partial charge in [-0.05, 0) is 43.9 Å². The summed E-state index contributed by atoms with van der Waals surface area (Å²) in [7, 11) is 0. The van der Waals surface area contributed by atoms with E-state index >= 15 is 4.39 Å². The van der Waals surface area contributed by atoms with Gasteiger partial charge in [-0.15, -0.1) is 0 Å². The molecule has 3 rings (SSSR count). The highest BCUT2D eigenvalue weighted by Crippen LogP contribution is 2.43. The summed E-state index contributed by atoms with van der Waals surface area (Å²) in [5.41, 5.74) is 1.28. The summed E-state index contributed by atoms with van der Waals surface area (Å²) in [5.74, 6) is 1.21. The van der Waals surface area contributed by atoms with Gasteiger partial charge in [0.1, 0.15) is 29.9 Å². The number of halogens is 1. The van der Waals surface area contributed by atoms with Crippen LogP contribution in [0.1, 0.15) is 59.1 Å². The highest BCUT2D eigenvalue weighted by molar-refractivity contribution is 5.75. The van der Waals surface area contributed by atoms with Gasteiger partial charge in [0.15, 0.2) is 0 Å². The van der Waals surface area contributed by atoms with E-state index < -0.39 is 17.8 Å². The van der Waals surface area contributed by atoms with E-state index in [0.29, 0.717) is 17.9 Å². The fourth-order valence-electron chi connectivity index (χ4n) is 4.37. The fourth-order valence-corrected chi connectivity index (χ4v) is 4.37. The highest BCUT2D eigenvalue weighted by Gasteiger charge is 2.33. The molecule has 1 aromatic carbocycles. The Morgan fingerprint density at radius 2 is 2.03 bits per heavy atom. The number of rotatable bonds is 7. The maximum Gasteiger partial charge on any atom is 0.404 e. The first kappa shape index (κ1) is 22.8. The standard InChI is InChI=1S/C24H31FN2O4/c1-15-18-8-9-26-12-20(18)19-7-6-17(10-21(19)31-15)30-13-16(27-22(28)29)11-24(5,25)14-23(2,3)4/h6-10,12,15-16,27H,11,13-14H2,1-5H3,(H,28,29). The van der Waals surface area contributed by atoms with Gasteiger partial charge in [-0.25, -0.2) is 9.18 Å². The van der Waals surface area contributed by atoms with E-state index in [9.17, 15) is 9.90 Å². The number of pyridine rings is 1. The zero-order chi connectivity index (χ0) is 22.8. The summed E-state index contributed by atoms with van der Waals surface area (Å²) in [6.45, 7) is 9.38. The second-order valence-corrected chi connectivity index (χ2v) is 9.69. The minimum atomic E-state index is -1.53. The Labute approximate surface area is 182 Å². The molecular weight excluding hydrogens is 399 g/mol. The number of hydrogen-bond donors (Lipinski definition) is 2. The van der Waals surface area contributed by atoms with E-state index in [1.165, 1.54) is 6.92 Å². The van der Waals surface area contributed by atoms with Crippen LogP contribution in [-0.2, 0) is 0 Å². The van der Waals surface area contributed by atoms with Gasteiger partial charge in [0.05, 0.1) is 6.04 Å². The van der Waals surface area contributed by atoms with Gasteiger partial charge in [-0.1, -0.05) is 20.8 Å². The first-order chi connectivity index (χ1) is 14.4. The predicted molar refractivity (Wildman–Crippen MR) is 117 cm³/mol. The van der Waals surface area contributed by atoms with E-state index in [2.05, 4.69) is 10.3 Å². The summed E-state index contributed by atoms with van der Waals surface area (Å²) in [6.07, 6.45) is 2.58. The minimum absolute atomic E-state index is 0.0163. The molecule has 3 atom stereocenters. The van der Waals surface area contributed by atoms with Crippen LogP contribution >= 0.6 is 0 Å². The molecule has 3 unspecified atom stereocenters. The van der Waals surface area contributed by atoms with Crippen molar-refractivity contribution in [3.05, 3.63) is 42.2 Å². The number of carbonyl (C=O) groups is 1. The predicted octanol–water partition coefficient (Wildman–Crippen LogP) is 5.77. The van der Waals surface area contributed by atoms with Crippen molar-refractivity contribution in [2.24, 2.45) is 5.41 Å². The lowest BCUT2D eigenvalue weighted by Gasteiger charge is -2.32. The molecule has 31 heavy (non-hydrogen) atoms.